The lowest BCUT2D eigenvalue weighted by Gasteiger charge is -2.34. The number of anilines is 1. The second kappa shape index (κ2) is 7.58. The minimum atomic E-state index is -0.00188. The zero-order chi connectivity index (χ0) is 17.8. The van der Waals surface area contributed by atoms with E-state index in [1.54, 1.807) is 6.07 Å². The van der Waals surface area contributed by atoms with Gasteiger partial charge in [0.05, 0.1) is 10.6 Å². The van der Waals surface area contributed by atoms with E-state index in [9.17, 15) is 4.79 Å². The molecular formula is C20H20ClN3O. The maximum absolute atomic E-state index is 12.4. The lowest BCUT2D eigenvalue weighted by atomic mass is 10.0. The highest BCUT2D eigenvalue weighted by Gasteiger charge is 2.22. The van der Waals surface area contributed by atoms with Gasteiger partial charge in [-0.15, -0.1) is 0 Å². The number of amides is 1. The van der Waals surface area contributed by atoms with Crippen LogP contribution in [0.1, 0.15) is 34.3 Å². The van der Waals surface area contributed by atoms with Gasteiger partial charge in [0.1, 0.15) is 6.07 Å². The number of hydrogen-bond acceptors (Lipinski definition) is 3. The average molecular weight is 354 g/mol. The van der Waals surface area contributed by atoms with Crippen molar-refractivity contribution in [1.82, 2.24) is 5.32 Å². The summed E-state index contributed by atoms with van der Waals surface area (Å²) in [6.07, 6.45) is 1.77. The summed E-state index contributed by atoms with van der Waals surface area (Å²) in [6.45, 7) is 3.65. The standard InChI is InChI=1S/C20H20ClN3O/c1-14-4-2-3-5-18(14)20(25)23-16-8-10-24(11-9-16)17-7-6-15(13-22)19(21)12-17/h2-7,12,16H,8-11H2,1H3,(H,23,25). The van der Waals surface area contributed by atoms with Gasteiger partial charge in [-0.1, -0.05) is 29.8 Å². The van der Waals surface area contributed by atoms with Crippen LogP contribution in [-0.2, 0) is 0 Å². The number of rotatable bonds is 3. The minimum Gasteiger partial charge on any atom is -0.371 e. The number of aryl methyl sites for hydroxylation is 1. The van der Waals surface area contributed by atoms with E-state index in [0.29, 0.717) is 10.6 Å². The Morgan fingerprint density at radius 2 is 1.96 bits per heavy atom. The molecule has 1 aliphatic heterocycles. The van der Waals surface area contributed by atoms with Crippen molar-refractivity contribution in [2.24, 2.45) is 0 Å². The summed E-state index contributed by atoms with van der Waals surface area (Å²) in [6, 6.07) is 15.4. The number of piperidine rings is 1. The van der Waals surface area contributed by atoms with Crippen LogP contribution >= 0.6 is 11.6 Å². The summed E-state index contributed by atoms with van der Waals surface area (Å²) in [5, 5.41) is 12.6. The second-order valence-corrected chi connectivity index (χ2v) is 6.73. The molecule has 25 heavy (non-hydrogen) atoms. The van der Waals surface area contributed by atoms with Crippen LogP contribution in [-0.4, -0.2) is 25.0 Å². The molecule has 128 valence electrons. The first-order chi connectivity index (χ1) is 12.1. The van der Waals surface area contributed by atoms with Gasteiger partial charge in [-0.3, -0.25) is 4.79 Å². The van der Waals surface area contributed by atoms with E-state index in [1.165, 1.54) is 0 Å². The van der Waals surface area contributed by atoms with Crippen LogP contribution in [0.25, 0.3) is 0 Å². The van der Waals surface area contributed by atoms with Crippen LogP contribution in [0.3, 0.4) is 0 Å². The van der Waals surface area contributed by atoms with E-state index < -0.39 is 0 Å². The first kappa shape index (κ1) is 17.3. The highest BCUT2D eigenvalue weighted by molar-refractivity contribution is 6.32. The summed E-state index contributed by atoms with van der Waals surface area (Å²) < 4.78 is 0. The van der Waals surface area contributed by atoms with Gasteiger partial charge in [0.2, 0.25) is 0 Å². The van der Waals surface area contributed by atoms with Crippen molar-refractivity contribution in [3.05, 3.63) is 64.2 Å². The van der Waals surface area contributed by atoms with Gasteiger partial charge in [0.15, 0.2) is 0 Å². The van der Waals surface area contributed by atoms with Crippen LogP contribution in [0.2, 0.25) is 5.02 Å². The molecule has 1 saturated heterocycles. The molecule has 1 fully saturated rings. The van der Waals surface area contributed by atoms with Crippen LogP contribution in [0.4, 0.5) is 5.69 Å². The number of carbonyl (C=O) groups excluding carboxylic acids is 1. The Morgan fingerprint density at radius 1 is 1.24 bits per heavy atom. The first-order valence-corrected chi connectivity index (χ1v) is 8.77. The van der Waals surface area contributed by atoms with Crippen molar-refractivity contribution in [3.63, 3.8) is 0 Å². The Kier molecular flexibility index (Phi) is 5.25. The zero-order valence-corrected chi connectivity index (χ0v) is 14.9. The van der Waals surface area contributed by atoms with Crippen molar-refractivity contribution < 1.29 is 4.79 Å². The van der Waals surface area contributed by atoms with E-state index in [0.717, 1.165) is 42.7 Å². The summed E-state index contributed by atoms with van der Waals surface area (Å²) in [5.74, 6) is -0.00188. The molecule has 0 unspecified atom stereocenters. The molecule has 4 nitrogen and oxygen atoms in total. The highest BCUT2D eigenvalue weighted by atomic mass is 35.5. The number of nitrogens with one attached hydrogen (secondary N) is 1. The number of nitriles is 1. The molecule has 3 rings (SSSR count). The maximum Gasteiger partial charge on any atom is 0.251 e. The molecule has 0 saturated carbocycles. The molecule has 2 aromatic rings. The minimum absolute atomic E-state index is 0.00188. The van der Waals surface area contributed by atoms with Crippen molar-refractivity contribution in [1.29, 1.82) is 5.26 Å². The molecule has 0 aliphatic carbocycles. The number of carbonyl (C=O) groups is 1. The highest BCUT2D eigenvalue weighted by Crippen LogP contribution is 2.26. The Labute approximate surface area is 153 Å². The molecule has 2 aromatic carbocycles. The number of halogens is 1. The molecule has 1 heterocycles. The smallest absolute Gasteiger partial charge is 0.251 e. The van der Waals surface area contributed by atoms with E-state index in [4.69, 9.17) is 16.9 Å². The van der Waals surface area contributed by atoms with Gasteiger partial charge >= 0.3 is 0 Å². The summed E-state index contributed by atoms with van der Waals surface area (Å²) in [7, 11) is 0. The number of hydrogen-bond donors (Lipinski definition) is 1. The average Bonchev–Trinajstić information content (AvgIpc) is 2.62. The topological polar surface area (TPSA) is 56.1 Å². The Hall–Kier alpha value is -2.51. The normalized spacial score (nSPS) is 14.8. The molecule has 1 aliphatic rings. The predicted octanol–water partition coefficient (Wildman–Crippen LogP) is 3.92. The third-order valence-corrected chi connectivity index (χ3v) is 4.97. The fraction of sp³-hybridized carbons (Fsp3) is 0.300. The van der Waals surface area contributed by atoms with Gasteiger partial charge in [-0.05, 0) is 49.6 Å². The monoisotopic (exact) mass is 353 g/mol. The molecule has 1 amide bonds. The number of nitrogens with zero attached hydrogens (tertiary/aromatic N) is 2. The molecule has 0 aromatic heterocycles. The van der Waals surface area contributed by atoms with E-state index in [2.05, 4.69) is 16.3 Å². The van der Waals surface area contributed by atoms with Crippen LogP contribution in [0, 0.1) is 18.3 Å². The van der Waals surface area contributed by atoms with Gasteiger partial charge in [-0.25, -0.2) is 0 Å². The number of benzene rings is 2. The summed E-state index contributed by atoms with van der Waals surface area (Å²) in [4.78, 5) is 14.7. The third kappa shape index (κ3) is 3.94. The maximum atomic E-state index is 12.4. The van der Waals surface area contributed by atoms with Gasteiger partial charge in [0.25, 0.3) is 5.91 Å². The fourth-order valence-corrected chi connectivity index (χ4v) is 3.38. The summed E-state index contributed by atoms with van der Waals surface area (Å²) >= 11 is 6.12. The van der Waals surface area contributed by atoms with Crippen LogP contribution in [0.5, 0.6) is 0 Å². The molecule has 0 atom stereocenters. The van der Waals surface area contributed by atoms with Gasteiger partial charge in [-0.2, -0.15) is 5.26 Å². The van der Waals surface area contributed by atoms with E-state index >= 15 is 0 Å². The summed E-state index contributed by atoms with van der Waals surface area (Å²) in [5.41, 5.74) is 3.24. The Morgan fingerprint density at radius 3 is 2.60 bits per heavy atom. The molecule has 5 heteroatoms. The largest absolute Gasteiger partial charge is 0.371 e. The Balaban J connectivity index is 1.59. The Bertz CT molecular complexity index is 820. The van der Waals surface area contributed by atoms with Crippen LogP contribution < -0.4 is 10.2 Å². The first-order valence-electron chi connectivity index (χ1n) is 8.39. The zero-order valence-electron chi connectivity index (χ0n) is 14.1. The second-order valence-electron chi connectivity index (χ2n) is 6.33. The van der Waals surface area contributed by atoms with E-state index in [-0.39, 0.29) is 11.9 Å². The van der Waals surface area contributed by atoms with Crippen molar-refractivity contribution in [2.45, 2.75) is 25.8 Å². The third-order valence-electron chi connectivity index (χ3n) is 4.66. The SMILES string of the molecule is Cc1ccccc1C(=O)NC1CCN(c2ccc(C#N)c(Cl)c2)CC1. The van der Waals surface area contributed by atoms with Crippen molar-refractivity contribution in [2.75, 3.05) is 18.0 Å². The van der Waals surface area contributed by atoms with Crippen molar-refractivity contribution >= 4 is 23.2 Å². The lowest BCUT2D eigenvalue weighted by molar-refractivity contribution is 0.0930. The van der Waals surface area contributed by atoms with Crippen molar-refractivity contribution in [3.8, 4) is 6.07 Å². The fourth-order valence-electron chi connectivity index (χ4n) is 3.16. The molecule has 0 spiro atoms. The van der Waals surface area contributed by atoms with Gasteiger partial charge in [0, 0.05) is 30.4 Å². The van der Waals surface area contributed by atoms with Crippen LogP contribution in [0.15, 0.2) is 42.5 Å². The lowest BCUT2D eigenvalue weighted by Crippen LogP contribution is -2.44. The molecule has 1 N–H and O–H groups in total. The quantitative estimate of drug-likeness (QED) is 0.909. The molecule has 0 radical (unpaired) electrons. The molecular weight excluding hydrogens is 334 g/mol. The molecule has 0 bridgehead atoms. The van der Waals surface area contributed by atoms with Gasteiger partial charge < -0.3 is 10.2 Å². The van der Waals surface area contributed by atoms with E-state index in [1.807, 2.05) is 43.3 Å². The predicted molar refractivity (Wildman–Crippen MR) is 100 cm³/mol.